The lowest BCUT2D eigenvalue weighted by Crippen LogP contribution is -2.47. The van der Waals surface area contributed by atoms with Gasteiger partial charge in [-0.1, -0.05) is 19.1 Å². The average molecular weight is 424 g/mol. The van der Waals surface area contributed by atoms with E-state index in [9.17, 15) is 14.4 Å². The summed E-state index contributed by atoms with van der Waals surface area (Å²) in [4.78, 5) is 39.7. The van der Waals surface area contributed by atoms with Gasteiger partial charge in [0.1, 0.15) is 0 Å². The number of hydrogen-bond donors (Lipinski definition) is 1. The van der Waals surface area contributed by atoms with E-state index in [4.69, 9.17) is 9.47 Å². The van der Waals surface area contributed by atoms with Gasteiger partial charge in [-0.15, -0.1) is 0 Å². The van der Waals surface area contributed by atoms with E-state index in [-0.39, 0.29) is 23.1 Å². The number of fused-ring (bicyclic) bond motifs is 1. The van der Waals surface area contributed by atoms with Crippen molar-refractivity contribution >= 4 is 23.4 Å². The molecule has 0 saturated heterocycles. The molecule has 0 aliphatic carbocycles. The summed E-state index contributed by atoms with van der Waals surface area (Å²) >= 11 is 0. The molecular weight excluding hydrogens is 396 g/mol. The first-order valence-electron chi connectivity index (χ1n) is 10.3. The van der Waals surface area contributed by atoms with Gasteiger partial charge in [-0.05, 0) is 57.0 Å². The number of nitrogens with one attached hydrogen (secondary N) is 1. The van der Waals surface area contributed by atoms with Gasteiger partial charge >= 0.3 is 0 Å². The van der Waals surface area contributed by atoms with Crippen LogP contribution < -0.4 is 14.8 Å². The molecule has 164 valence electrons. The van der Waals surface area contributed by atoms with Gasteiger partial charge in [0.15, 0.2) is 11.5 Å². The number of ether oxygens (including phenoxy) is 2. The lowest BCUT2D eigenvalue weighted by atomic mass is 9.87. The first-order valence-corrected chi connectivity index (χ1v) is 10.3. The van der Waals surface area contributed by atoms with Crippen LogP contribution in [0.25, 0.3) is 0 Å². The fraction of sp³-hybridized carbons (Fsp3) is 0.375. The molecule has 3 rings (SSSR count). The second-order valence-corrected chi connectivity index (χ2v) is 8.01. The molecule has 2 aromatic rings. The van der Waals surface area contributed by atoms with Gasteiger partial charge in [-0.2, -0.15) is 0 Å². The molecule has 31 heavy (non-hydrogen) atoms. The second kappa shape index (κ2) is 8.41. The minimum Gasteiger partial charge on any atom is -0.493 e. The highest BCUT2D eigenvalue weighted by Crippen LogP contribution is 2.42. The molecule has 3 amide bonds. The summed E-state index contributed by atoms with van der Waals surface area (Å²) in [7, 11) is 1.56. The highest BCUT2D eigenvalue weighted by Gasteiger charge is 2.47. The Bertz CT molecular complexity index is 1050. The molecule has 1 unspecified atom stereocenters. The van der Waals surface area contributed by atoms with Crippen LogP contribution in [0.5, 0.6) is 11.5 Å². The Labute approximate surface area is 182 Å². The summed E-state index contributed by atoms with van der Waals surface area (Å²) in [5.74, 6) is -0.0121. The molecule has 0 spiro atoms. The fourth-order valence-corrected chi connectivity index (χ4v) is 3.88. The van der Waals surface area contributed by atoms with Gasteiger partial charge in [-0.25, -0.2) is 0 Å². The third-order valence-corrected chi connectivity index (χ3v) is 5.56. The number of rotatable bonds is 7. The molecule has 1 heterocycles. The number of nitrogens with zero attached hydrogens (tertiary/aromatic N) is 1. The van der Waals surface area contributed by atoms with Crippen molar-refractivity contribution in [2.45, 2.75) is 52.7 Å². The Morgan fingerprint density at radius 2 is 1.84 bits per heavy atom. The van der Waals surface area contributed by atoms with E-state index in [2.05, 4.69) is 5.32 Å². The lowest BCUT2D eigenvalue weighted by Gasteiger charge is -2.37. The van der Waals surface area contributed by atoms with Crippen LogP contribution in [-0.4, -0.2) is 35.8 Å². The minimum atomic E-state index is -0.929. The first kappa shape index (κ1) is 22.3. The summed E-state index contributed by atoms with van der Waals surface area (Å²) in [5.41, 5.74) is 0.657. The zero-order valence-corrected chi connectivity index (χ0v) is 18.7. The predicted molar refractivity (Wildman–Crippen MR) is 118 cm³/mol. The molecule has 7 heteroatoms. The molecular formula is C24H28N2O5. The topological polar surface area (TPSA) is 84.9 Å². The lowest BCUT2D eigenvalue weighted by molar-refractivity contribution is -0.114. The Hall–Kier alpha value is -3.35. The van der Waals surface area contributed by atoms with Crippen molar-refractivity contribution in [3.05, 3.63) is 53.1 Å². The first-order chi connectivity index (χ1) is 14.6. The van der Waals surface area contributed by atoms with E-state index >= 15 is 0 Å². The molecule has 7 nitrogen and oxygen atoms in total. The van der Waals surface area contributed by atoms with Crippen LogP contribution in [0.1, 0.15) is 67.3 Å². The molecule has 0 bridgehead atoms. The normalized spacial score (nSPS) is 15.0. The highest BCUT2D eigenvalue weighted by molar-refractivity contribution is 6.24. The number of methoxy groups -OCH3 is 1. The zero-order chi connectivity index (χ0) is 22.9. The standard InChI is InChI=1S/C24H28N2O5/c1-7-24(5,16-11-12-19(30-6)20(13-16)31-14(2)3)26-22(28)17-9-8-10-18(25-15(4)27)21(17)23(26)29/h8-14H,7H2,1-6H3,(H,25,27). The SMILES string of the molecule is CCC(C)(c1ccc(OC)c(OC(C)C)c1)N1C(=O)c2cccc(NC(C)=O)c2C1=O. The molecule has 1 atom stereocenters. The predicted octanol–water partition coefficient (Wildman–Crippen LogP) is 4.36. The number of carbonyl (C=O) groups is 3. The molecule has 2 aromatic carbocycles. The number of hydrogen-bond acceptors (Lipinski definition) is 5. The number of benzene rings is 2. The molecule has 0 radical (unpaired) electrons. The number of carbonyl (C=O) groups excluding carboxylic acids is 3. The van der Waals surface area contributed by atoms with Crippen molar-refractivity contribution in [2.24, 2.45) is 0 Å². The molecule has 1 aliphatic heterocycles. The average Bonchev–Trinajstić information content (AvgIpc) is 2.98. The Morgan fingerprint density at radius 3 is 2.42 bits per heavy atom. The van der Waals surface area contributed by atoms with Crippen molar-refractivity contribution in [3.8, 4) is 11.5 Å². The third-order valence-electron chi connectivity index (χ3n) is 5.56. The summed E-state index contributed by atoms with van der Waals surface area (Å²) in [6, 6.07) is 10.3. The van der Waals surface area contributed by atoms with Crippen molar-refractivity contribution < 1.29 is 23.9 Å². The maximum absolute atomic E-state index is 13.5. The Kier molecular flexibility index (Phi) is 6.06. The van der Waals surface area contributed by atoms with Crippen LogP contribution in [0.2, 0.25) is 0 Å². The third kappa shape index (κ3) is 3.87. The van der Waals surface area contributed by atoms with Crippen LogP contribution in [-0.2, 0) is 10.3 Å². The van der Waals surface area contributed by atoms with E-state index in [1.54, 1.807) is 31.4 Å². The highest BCUT2D eigenvalue weighted by atomic mass is 16.5. The van der Waals surface area contributed by atoms with Gasteiger partial charge in [0, 0.05) is 6.92 Å². The summed E-state index contributed by atoms with van der Waals surface area (Å²) in [6.07, 6.45) is 0.415. The van der Waals surface area contributed by atoms with Crippen LogP contribution in [0, 0.1) is 0 Å². The maximum Gasteiger partial charge on any atom is 0.264 e. The monoisotopic (exact) mass is 424 g/mol. The maximum atomic E-state index is 13.5. The summed E-state index contributed by atoms with van der Waals surface area (Å²) < 4.78 is 11.3. The van der Waals surface area contributed by atoms with Gasteiger partial charge < -0.3 is 14.8 Å². The summed E-state index contributed by atoms with van der Waals surface area (Å²) in [5, 5.41) is 2.66. The quantitative estimate of drug-likeness (QED) is 0.668. The largest absolute Gasteiger partial charge is 0.493 e. The van der Waals surface area contributed by atoms with E-state index in [1.807, 2.05) is 39.8 Å². The molecule has 1 N–H and O–H groups in total. The van der Waals surface area contributed by atoms with Gasteiger partial charge in [0.25, 0.3) is 11.8 Å². The smallest absolute Gasteiger partial charge is 0.264 e. The molecule has 0 aromatic heterocycles. The minimum absolute atomic E-state index is 0.0726. The Morgan fingerprint density at radius 1 is 1.13 bits per heavy atom. The van der Waals surface area contributed by atoms with Crippen LogP contribution in [0.15, 0.2) is 36.4 Å². The van der Waals surface area contributed by atoms with E-state index in [1.165, 1.54) is 11.8 Å². The van der Waals surface area contributed by atoms with Crippen molar-refractivity contribution in [1.82, 2.24) is 4.90 Å². The Balaban J connectivity index is 2.11. The molecule has 0 saturated carbocycles. The van der Waals surface area contributed by atoms with Gasteiger partial charge in [0.2, 0.25) is 5.91 Å². The van der Waals surface area contributed by atoms with E-state index in [0.29, 0.717) is 23.6 Å². The van der Waals surface area contributed by atoms with E-state index < -0.39 is 17.4 Å². The number of imide groups is 1. The van der Waals surface area contributed by atoms with Crippen LogP contribution in [0.4, 0.5) is 5.69 Å². The number of amides is 3. The zero-order valence-electron chi connectivity index (χ0n) is 18.7. The van der Waals surface area contributed by atoms with Crippen LogP contribution in [0.3, 0.4) is 0 Å². The van der Waals surface area contributed by atoms with Crippen molar-refractivity contribution in [2.75, 3.05) is 12.4 Å². The van der Waals surface area contributed by atoms with Crippen molar-refractivity contribution in [3.63, 3.8) is 0 Å². The second-order valence-electron chi connectivity index (χ2n) is 8.01. The summed E-state index contributed by atoms with van der Waals surface area (Å²) in [6.45, 7) is 8.97. The molecule has 1 aliphatic rings. The van der Waals surface area contributed by atoms with Crippen molar-refractivity contribution in [1.29, 1.82) is 0 Å². The van der Waals surface area contributed by atoms with Gasteiger partial charge in [0.05, 0.1) is 35.6 Å². The molecule has 0 fully saturated rings. The number of anilines is 1. The van der Waals surface area contributed by atoms with Gasteiger partial charge in [-0.3, -0.25) is 19.3 Å². The van der Waals surface area contributed by atoms with E-state index in [0.717, 1.165) is 5.56 Å². The van der Waals surface area contributed by atoms with Crippen LogP contribution >= 0.6 is 0 Å². The fourth-order valence-electron chi connectivity index (χ4n) is 3.88.